The minimum atomic E-state index is -0.736. The highest BCUT2D eigenvalue weighted by Crippen LogP contribution is 2.28. The van der Waals surface area contributed by atoms with Crippen LogP contribution >= 0.6 is 0 Å². The van der Waals surface area contributed by atoms with Gasteiger partial charge < -0.3 is 24.2 Å². The summed E-state index contributed by atoms with van der Waals surface area (Å²) in [6.07, 6.45) is 0.0211. The van der Waals surface area contributed by atoms with Gasteiger partial charge in [-0.15, -0.1) is 0 Å². The van der Waals surface area contributed by atoms with Crippen LogP contribution in [0, 0.1) is 5.82 Å². The summed E-state index contributed by atoms with van der Waals surface area (Å²) < 4.78 is 31.2. The van der Waals surface area contributed by atoms with E-state index in [-0.39, 0.29) is 36.3 Å². The van der Waals surface area contributed by atoms with Gasteiger partial charge in [-0.1, -0.05) is 37.2 Å². The molecule has 188 valence electrons. The van der Waals surface area contributed by atoms with Crippen molar-refractivity contribution in [1.82, 2.24) is 25.6 Å². The molecule has 2 heterocycles. The molecule has 0 saturated heterocycles. The first-order valence-corrected chi connectivity index (χ1v) is 11.5. The Hall–Kier alpha value is -4.12. The summed E-state index contributed by atoms with van der Waals surface area (Å²) in [5.41, 5.74) is 0.998. The molecule has 1 amide bonds. The molecule has 1 atom stereocenters. The number of aliphatic hydroxyl groups is 1. The second kappa shape index (κ2) is 11.1. The average molecular weight is 496 g/mol. The van der Waals surface area contributed by atoms with Gasteiger partial charge in [0, 0.05) is 23.6 Å². The largest absolute Gasteiger partial charge is 0.481 e. The second-order valence-electron chi connectivity index (χ2n) is 8.28. The molecule has 1 unspecified atom stereocenters. The fourth-order valence-electron chi connectivity index (χ4n) is 3.33. The van der Waals surface area contributed by atoms with E-state index in [1.54, 1.807) is 12.1 Å². The molecule has 0 aliphatic carbocycles. The van der Waals surface area contributed by atoms with Gasteiger partial charge in [-0.25, -0.2) is 4.39 Å². The third-order valence-electron chi connectivity index (χ3n) is 5.28. The molecule has 2 aromatic heterocycles. The number of aromatic nitrogens is 4. The molecule has 0 bridgehead atoms. The normalized spacial score (nSPS) is 12.1. The number of benzene rings is 2. The van der Waals surface area contributed by atoms with E-state index in [0.717, 1.165) is 11.6 Å². The van der Waals surface area contributed by atoms with Gasteiger partial charge in [0.2, 0.25) is 17.5 Å². The van der Waals surface area contributed by atoms with Crippen LogP contribution in [-0.2, 0) is 0 Å². The lowest BCUT2D eigenvalue weighted by Gasteiger charge is -2.13. The van der Waals surface area contributed by atoms with E-state index >= 15 is 0 Å². The van der Waals surface area contributed by atoms with Crippen molar-refractivity contribution in [1.29, 1.82) is 0 Å². The van der Waals surface area contributed by atoms with Crippen molar-refractivity contribution in [3.8, 4) is 28.5 Å². The number of ether oxygens (including phenoxy) is 1. The fourth-order valence-corrected chi connectivity index (χ4v) is 3.33. The van der Waals surface area contributed by atoms with E-state index in [1.807, 2.05) is 32.9 Å². The van der Waals surface area contributed by atoms with Crippen LogP contribution in [0.3, 0.4) is 0 Å². The zero-order valence-corrected chi connectivity index (χ0v) is 20.1. The van der Waals surface area contributed by atoms with Gasteiger partial charge >= 0.3 is 0 Å². The van der Waals surface area contributed by atoms with Gasteiger partial charge in [0.05, 0.1) is 12.2 Å². The molecular formula is C25H26FN5O5. The van der Waals surface area contributed by atoms with Crippen molar-refractivity contribution in [3.63, 3.8) is 0 Å². The van der Waals surface area contributed by atoms with Crippen molar-refractivity contribution in [3.05, 3.63) is 65.6 Å². The number of hydrogen-bond acceptors (Lipinski definition) is 9. The minimum absolute atomic E-state index is 0.0333. The number of nitrogens with one attached hydrogen (secondary N) is 1. The Labute approximate surface area is 206 Å². The molecule has 10 nitrogen and oxygen atoms in total. The van der Waals surface area contributed by atoms with Crippen LogP contribution in [0.2, 0.25) is 0 Å². The van der Waals surface area contributed by atoms with Crippen LogP contribution in [0.4, 0.5) is 4.39 Å². The molecular weight excluding hydrogens is 469 g/mol. The summed E-state index contributed by atoms with van der Waals surface area (Å²) in [6.45, 7) is 5.67. The molecule has 0 radical (unpaired) electrons. The monoisotopic (exact) mass is 495 g/mol. The lowest BCUT2D eigenvalue weighted by atomic mass is 10.1. The van der Waals surface area contributed by atoms with Crippen LogP contribution in [0.25, 0.3) is 22.8 Å². The van der Waals surface area contributed by atoms with Crippen molar-refractivity contribution in [2.24, 2.45) is 0 Å². The highest BCUT2D eigenvalue weighted by molar-refractivity contribution is 5.94. The van der Waals surface area contributed by atoms with Gasteiger partial charge in [0.25, 0.3) is 11.8 Å². The Bertz CT molecular complexity index is 1320. The van der Waals surface area contributed by atoms with Crippen molar-refractivity contribution in [2.45, 2.75) is 39.2 Å². The number of aliphatic hydroxyl groups excluding tert-OH is 1. The maximum Gasteiger partial charge on any atom is 0.268 e. The van der Waals surface area contributed by atoms with E-state index in [0.29, 0.717) is 29.4 Å². The first-order valence-electron chi connectivity index (χ1n) is 11.5. The van der Waals surface area contributed by atoms with E-state index in [2.05, 4.69) is 25.6 Å². The van der Waals surface area contributed by atoms with Crippen molar-refractivity contribution in [2.75, 3.05) is 13.2 Å². The van der Waals surface area contributed by atoms with E-state index in [1.165, 1.54) is 12.1 Å². The Morgan fingerprint density at radius 1 is 1.03 bits per heavy atom. The molecule has 36 heavy (non-hydrogen) atoms. The molecule has 11 heteroatoms. The Balaban J connectivity index is 1.45. The topological polar surface area (TPSA) is 136 Å². The number of amides is 1. The summed E-state index contributed by atoms with van der Waals surface area (Å²) in [4.78, 5) is 20.7. The standard InChI is InChI=1S/C25H26FN5O5/c1-4-20(34-17-8-5-15(6-9-17)21-28-24(14(2)3)35-30-21)25-29-22(31-36-25)16-7-10-18(19(26)13-16)23(33)27-11-12-32/h5-10,13-14,20,32H,4,11-12H2,1-3H3,(H,27,33). The fraction of sp³-hybridized carbons (Fsp3) is 0.320. The van der Waals surface area contributed by atoms with Crippen LogP contribution in [0.5, 0.6) is 5.75 Å². The smallest absolute Gasteiger partial charge is 0.268 e. The SMILES string of the molecule is CCC(Oc1ccc(-c2noc(C(C)C)n2)cc1)c1nc(-c2ccc(C(=O)NCCO)c(F)c2)no1. The van der Waals surface area contributed by atoms with Crippen LogP contribution in [0.1, 0.15) is 61.4 Å². The zero-order valence-electron chi connectivity index (χ0n) is 20.1. The van der Waals surface area contributed by atoms with Crippen LogP contribution in [-0.4, -0.2) is 44.4 Å². The number of halogens is 1. The number of carbonyl (C=O) groups is 1. The number of rotatable bonds is 10. The van der Waals surface area contributed by atoms with Gasteiger partial charge in [0.15, 0.2) is 6.10 Å². The summed E-state index contributed by atoms with van der Waals surface area (Å²) in [6, 6.07) is 11.2. The summed E-state index contributed by atoms with van der Waals surface area (Å²) in [7, 11) is 0. The number of hydrogen-bond donors (Lipinski definition) is 2. The minimum Gasteiger partial charge on any atom is -0.481 e. The maximum absolute atomic E-state index is 14.5. The predicted molar refractivity (Wildman–Crippen MR) is 127 cm³/mol. The summed E-state index contributed by atoms with van der Waals surface area (Å²) in [5, 5.41) is 19.2. The van der Waals surface area contributed by atoms with Crippen LogP contribution in [0.15, 0.2) is 51.5 Å². The summed E-state index contributed by atoms with van der Waals surface area (Å²) >= 11 is 0. The molecule has 0 aliphatic heterocycles. The quantitative estimate of drug-likeness (QED) is 0.330. The van der Waals surface area contributed by atoms with Gasteiger partial charge in [0.1, 0.15) is 11.6 Å². The molecule has 0 aliphatic rings. The van der Waals surface area contributed by atoms with Gasteiger partial charge in [-0.2, -0.15) is 9.97 Å². The number of carbonyl (C=O) groups excluding carboxylic acids is 1. The first-order chi connectivity index (χ1) is 17.4. The Kier molecular flexibility index (Phi) is 7.69. The van der Waals surface area contributed by atoms with Crippen LogP contribution < -0.4 is 10.1 Å². The molecule has 2 aromatic carbocycles. The lowest BCUT2D eigenvalue weighted by molar-refractivity contribution is 0.0940. The molecule has 4 aromatic rings. The molecule has 2 N–H and O–H groups in total. The van der Waals surface area contributed by atoms with E-state index < -0.39 is 17.8 Å². The Morgan fingerprint density at radius 3 is 2.28 bits per heavy atom. The second-order valence-corrected chi connectivity index (χ2v) is 8.28. The molecule has 0 fully saturated rings. The third kappa shape index (κ3) is 5.57. The Morgan fingerprint density at radius 2 is 1.67 bits per heavy atom. The first kappa shape index (κ1) is 25.0. The van der Waals surface area contributed by atoms with Crippen molar-refractivity contribution >= 4 is 5.91 Å². The molecule has 0 spiro atoms. The average Bonchev–Trinajstić information content (AvgIpc) is 3.57. The number of nitrogens with zero attached hydrogens (tertiary/aromatic N) is 4. The van der Waals surface area contributed by atoms with Crippen molar-refractivity contribution < 1.29 is 28.1 Å². The van der Waals surface area contributed by atoms with Gasteiger partial charge in [-0.3, -0.25) is 4.79 Å². The lowest BCUT2D eigenvalue weighted by Crippen LogP contribution is -2.27. The molecule has 0 saturated carbocycles. The summed E-state index contributed by atoms with van der Waals surface area (Å²) in [5.74, 6) is 0.854. The zero-order chi connectivity index (χ0) is 25.7. The van der Waals surface area contributed by atoms with E-state index in [9.17, 15) is 9.18 Å². The predicted octanol–water partition coefficient (Wildman–Crippen LogP) is 4.30. The third-order valence-corrected chi connectivity index (χ3v) is 5.28. The highest BCUT2D eigenvalue weighted by atomic mass is 19.1. The highest BCUT2D eigenvalue weighted by Gasteiger charge is 2.21. The molecule has 4 rings (SSSR count). The van der Waals surface area contributed by atoms with E-state index in [4.69, 9.17) is 18.9 Å². The maximum atomic E-state index is 14.5. The van der Waals surface area contributed by atoms with Gasteiger partial charge in [-0.05, 0) is 42.8 Å².